The molecule has 0 N–H and O–H groups in total. The van der Waals surface area contributed by atoms with Gasteiger partial charge in [0, 0.05) is 11.8 Å². The molecule has 2 nitrogen and oxygen atoms in total. The van der Waals surface area contributed by atoms with Crippen LogP contribution in [-0.4, -0.2) is 4.98 Å². The van der Waals surface area contributed by atoms with Gasteiger partial charge in [-0.05, 0) is 25.0 Å². The van der Waals surface area contributed by atoms with Gasteiger partial charge >= 0.3 is 0 Å². The van der Waals surface area contributed by atoms with Gasteiger partial charge in [-0.2, -0.15) is 0 Å². The van der Waals surface area contributed by atoms with Crippen LogP contribution in [0.2, 0.25) is 0 Å². The van der Waals surface area contributed by atoms with Gasteiger partial charge in [0.1, 0.15) is 11.3 Å². The highest BCUT2D eigenvalue weighted by Crippen LogP contribution is 2.20. The van der Waals surface area contributed by atoms with Crippen molar-refractivity contribution in [2.24, 2.45) is 0 Å². The molecule has 0 radical (unpaired) electrons. The largest absolute Gasteiger partial charge is 0.460 e. The fourth-order valence-corrected chi connectivity index (χ4v) is 1.38. The van der Waals surface area contributed by atoms with Gasteiger partial charge in [-0.3, -0.25) is 0 Å². The number of aryl methyl sites for hydroxylation is 1. The van der Waals surface area contributed by atoms with E-state index in [1.165, 1.54) is 0 Å². The predicted octanol–water partition coefficient (Wildman–Crippen LogP) is 3.26. The fraction of sp³-hybridized carbons (Fsp3) is 0.364. The molecule has 0 bridgehead atoms. The lowest BCUT2D eigenvalue weighted by molar-refractivity contribution is 0.578. The van der Waals surface area contributed by atoms with Crippen molar-refractivity contribution in [2.45, 2.75) is 26.7 Å². The lowest BCUT2D eigenvalue weighted by Gasteiger charge is -2.02. The summed E-state index contributed by atoms with van der Waals surface area (Å²) in [7, 11) is 0. The number of hydrogen-bond acceptors (Lipinski definition) is 2. The summed E-state index contributed by atoms with van der Waals surface area (Å²) >= 11 is 0. The van der Waals surface area contributed by atoms with E-state index in [1.807, 2.05) is 25.1 Å². The zero-order chi connectivity index (χ0) is 9.42. The standard InChI is InChI=1S/C11H13NO/c1-7(2)9-4-5-11-10(12-9)6-8(3)13-11/h4-7H,1-3H3. The minimum absolute atomic E-state index is 0.472. The Hall–Kier alpha value is -1.31. The molecule has 2 aromatic heterocycles. The minimum Gasteiger partial charge on any atom is -0.460 e. The van der Waals surface area contributed by atoms with E-state index in [0.29, 0.717) is 5.92 Å². The van der Waals surface area contributed by atoms with Crippen LogP contribution in [0, 0.1) is 6.92 Å². The van der Waals surface area contributed by atoms with E-state index >= 15 is 0 Å². The van der Waals surface area contributed by atoms with Crippen LogP contribution < -0.4 is 0 Å². The van der Waals surface area contributed by atoms with Crippen molar-refractivity contribution in [1.82, 2.24) is 4.98 Å². The second kappa shape index (κ2) is 2.87. The molecule has 0 aliphatic rings. The Morgan fingerprint density at radius 1 is 1.31 bits per heavy atom. The van der Waals surface area contributed by atoms with Crippen molar-refractivity contribution in [2.75, 3.05) is 0 Å². The van der Waals surface area contributed by atoms with Crippen LogP contribution in [0.3, 0.4) is 0 Å². The Morgan fingerprint density at radius 3 is 2.77 bits per heavy atom. The van der Waals surface area contributed by atoms with Crippen LogP contribution in [0.25, 0.3) is 11.1 Å². The molecule has 0 aliphatic carbocycles. The molecule has 0 aliphatic heterocycles. The molecule has 0 fully saturated rings. The second-order valence-corrected chi connectivity index (χ2v) is 3.63. The molecule has 2 aromatic rings. The number of aromatic nitrogens is 1. The fourth-order valence-electron chi connectivity index (χ4n) is 1.38. The first-order valence-electron chi connectivity index (χ1n) is 4.54. The molecule has 68 valence electrons. The van der Waals surface area contributed by atoms with E-state index in [4.69, 9.17) is 4.42 Å². The summed E-state index contributed by atoms with van der Waals surface area (Å²) < 4.78 is 5.44. The Morgan fingerprint density at radius 2 is 2.08 bits per heavy atom. The maximum Gasteiger partial charge on any atom is 0.152 e. The van der Waals surface area contributed by atoms with Crippen molar-refractivity contribution in [3.8, 4) is 0 Å². The Labute approximate surface area is 77.6 Å². The van der Waals surface area contributed by atoms with Gasteiger partial charge in [0.25, 0.3) is 0 Å². The minimum atomic E-state index is 0.472. The summed E-state index contributed by atoms with van der Waals surface area (Å²) in [5, 5.41) is 0. The Kier molecular flexibility index (Phi) is 1.83. The molecular weight excluding hydrogens is 162 g/mol. The first-order chi connectivity index (χ1) is 6.16. The Bertz CT molecular complexity index is 429. The van der Waals surface area contributed by atoms with Crippen molar-refractivity contribution < 1.29 is 4.42 Å². The molecular formula is C11H13NO. The summed E-state index contributed by atoms with van der Waals surface area (Å²) in [6.45, 7) is 6.22. The molecule has 2 heteroatoms. The summed E-state index contributed by atoms with van der Waals surface area (Å²) in [5.41, 5.74) is 2.96. The maximum atomic E-state index is 5.44. The van der Waals surface area contributed by atoms with Gasteiger partial charge in [0.15, 0.2) is 5.58 Å². The number of pyridine rings is 1. The number of fused-ring (bicyclic) bond motifs is 1. The number of rotatable bonds is 1. The van der Waals surface area contributed by atoms with Crippen LogP contribution in [0.4, 0.5) is 0 Å². The predicted molar refractivity (Wildman–Crippen MR) is 52.8 cm³/mol. The average Bonchev–Trinajstić information content (AvgIpc) is 2.42. The van der Waals surface area contributed by atoms with Crippen LogP contribution in [0.15, 0.2) is 22.6 Å². The van der Waals surface area contributed by atoms with Crippen LogP contribution in [-0.2, 0) is 0 Å². The normalized spacial score (nSPS) is 11.4. The van der Waals surface area contributed by atoms with Gasteiger partial charge in [0.05, 0.1) is 0 Å². The number of hydrogen-bond donors (Lipinski definition) is 0. The summed E-state index contributed by atoms with van der Waals surface area (Å²) in [5.74, 6) is 1.39. The first-order valence-corrected chi connectivity index (χ1v) is 4.54. The summed E-state index contributed by atoms with van der Waals surface area (Å²) in [4.78, 5) is 4.50. The van der Waals surface area contributed by atoms with E-state index in [9.17, 15) is 0 Å². The molecule has 0 atom stereocenters. The van der Waals surface area contributed by atoms with Crippen molar-refractivity contribution in [3.63, 3.8) is 0 Å². The van der Waals surface area contributed by atoms with Gasteiger partial charge in [-0.1, -0.05) is 13.8 Å². The Balaban J connectivity index is 2.61. The highest BCUT2D eigenvalue weighted by atomic mass is 16.3. The van der Waals surface area contributed by atoms with E-state index < -0.39 is 0 Å². The van der Waals surface area contributed by atoms with E-state index in [-0.39, 0.29) is 0 Å². The first kappa shape index (κ1) is 8.30. The van der Waals surface area contributed by atoms with Crippen molar-refractivity contribution >= 4 is 11.1 Å². The molecule has 0 unspecified atom stereocenters. The molecule has 0 aromatic carbocycles. The SMILES string of the molecule is Cc1cc2nc(C(C)C)ccc2o1. The van der Waals surface area contributed by atoms with Crippen LogP contribution >= 0.6 is 0 Å². The third-order valence-electron chi connectivity index (χ3n) is 2.11. The lowest BCUT2D eigenvalue weighted by Crippen LogP contribution is -1.90. The molecule has 0 spiro atoms. The molecule has 2 heterocycles. The van der Waals surface area contributed by atoms with Crippen molar-refractivity contribution in [1.29, 1.82) is 0 Å². The molecule has 0 amide bonds. The molecule has 2 rings (SSSR count). The second-order valence-electron chi connectivity index (χ2n) is 3.63. The lowest BCUT2D eigenvalue weighted by atomic mass is 10.1. The number of nitrogens with zero attached hydrogens (tertiary/aromatic N) is 1. The van der Waals surface area contributed by atoms with Crippen molar-refractivity contribution in [3.05, 3.63) is 29.7 Å². The van der Waals surface area contributed by atoms with E-state index in [1.54, 1.807) is 0 Å². The third-order valence-corrected chi connectivity index (χ3v) is 2.11. The molecule has 13 heavy (non-hydrogen) atoms. The zero-order valence-corrected chi connectivity index (χ0v) is 8.16. The smallest absolute Gasteiger partial charge is 0.152 e. The topological polar surface area (TPSA) is 26.0 Å². The third kappa shape index (κ3) is 1.44. The highest BCUT2D eigenvalue weighted by Gasteiger charge is 2.05. The van der Waals surface area contributed by atoms with Gasteiger partial charge in [0.2, 0.25) is 0 Å². The van der Waals surface area contributed by atoms with Crippen LogP contribution in [0.1, 0.15) is 31.2 Å². The quantitative estimate of drug-likeness (QED) is 0.664. The zero-order valence-electron chi connectivity index (χ0n) is 8.16. The number of furan rings is 1. The van der Waals surface area contributed by atoms with Crippen LogP contribution in [0.5, 0.6) is 0 Å². The van der Waals surface area contributed by atoms with E-state index in [2.05, 4.69) is 18.8 Å². The average molecular weight is 175 g/mol. The monoisotopic (exact) mass is 175 g/mol. The van der Waals surface area contributed by atoms with Gasteiger partial charge in [-0.25, -0.2) is 4.98 Å². The molecule has 0 saturated heterocycles. The maximum absolute atomic E-state index is 5.44. The van der Waals surface area contributed by atoms with Gasteiger partial charge in [-0.15, -0.1) is 0 Å². The van der Waals surface area contributed by atoms with E-state index in [0.717, 1.165) is 22.6 Å². The molecule has 0 saturated carbocycles. The highest BCUT2D eigenvalue weighted by molar-refractivity contribution is 5.73. The van der Waals surface area contributed by atoms with Gasteiger partial charge < -0.3 is 4.42 Å². The summed E-state index contributed by atoms with van der Waals surface area (Å²) in [6.07, 6.45) is 0. The summed E-state index contributed by atoms with van der Waals surface area (Å²) in [6, 6.07) is 5.99.